The van der Waals surface area contributed by atoms with Gasteiger partial charge in [0.05, 0.1) is 6.42 Å². The molecule has 4 nitrogen and oxygen atoms in total. The molecular formula is C18H27FN2O2. The van der Waals surface area contributed by atoms with Crippen molar-refractivity contribution in [3.63, 3.8) is 0 Å². The third-order valence-electron chi connectivity index (χ3n) is 4.30. The Balaban J connectivity index is 2.34. The Kier molecular flexibility index (Phi) is 5.30. The lowest BCUT2D eigenvalue weighted by Crippen LogP contribution is -2.53. The van der Waals surface area contributed by atoms with Gasteiger partial charge < -0.3 is 10.5 Å². The fourth-order valence-electron chi connectivity index (χ4n) is 3.35. The second-order valence-electron chi connectivity index (χ2n) is 7.19. The minimum Gasteiger partial charge on any atom is -0.489 e. The van der Waals surface area contributed by atoms with E-state index in [-0.39, 0.29) is 29.6 Å². The van der Waals surface area contributed by atoms with E-state index in [1.165, 1.54) is 6.07 Å². The highest BCUT2D eigenvalue weighted by molar-refractivity contribution is 5.77. The molecule has 0 unspecified atom stereocenters. The summed E-state index contributed by atoms with van der Waals surface area (Å²) in [7, 11) is 0. The summed E-state index contributed by atoms with van der Waals surface area (Å²) in [5, 5.41) is 0. The van der Waals surface area contributed by atoms with Gasteiger partial charge in [-0.25, -0.2) is 4.39 Å². The molecule has 0 saturated carbocycles. The highest BCUT2D eigenvalue weighted by atomic mass is 19.1. The lowest BCUT2D eigenvalue weighted by atomic mass is 9.92. The van der Waals surface area contributed by atoms with Crippen LogP contribution in [0.25, 0.3) is 0 Å². The van der Waals surface area contributed by atoms with E-state index < -0.39 is 5.91 Å². The Morgan fingerprint density at radius 2 is 2.13 bits per heavy atom. The molecule has 0 aliphatic carbocycles. The second-order valence-corrected chi connectivity index (χ2v) is 7.19. The molecule has 0 bridgehead atoms. The zero-order valence-electron chi connectivity index (χ0n) is 14.5. The standard InChI is InChI=1S/C18H27FN2O2/c1-5-8-21(18(2,3)4)13-10-14-12(9-16(20)22)6-7-15(19)17(14)23-11-13/h6-7,13H,5,8-11H2,1-4H3,(H2,20,22)/t13-/m1/s1. The Bertz CT molecular complexity index is 581. The molecule has 128 valence electrons. The largest absolute Gasteiger partial charge is 0.489 e. The first-order chi connectivity index (χ1) is 10.7. The SMILES string of the molecule is CCCN([C@H]1COc2c(F)ccc(CC(N)=O)c2C1)C(C)(C)C. The van der Waals surface area contributed by atoms with Crippen molar-refractivity contribution in [1.82, 2.24) is 4.90 Å². The molecule has 1 aromatic carbocycles. The lowest BCUT2D eigenvalue weighted by molar-refractivity contribution is -0.117. The van der Waals surface area contributed by atoms with Gasteiger partial charge in [-0.2, -0.15) is 0 Å². The lowest BCUT2D eigenvalue weighted by Gasteiger charge is -2.43. The van der Waals surface area contributed by atoms with Crippen LogP contribution in [0.3, 0.4) is 0 Å². The Morgan fingerprint density at radius 1 is 1.43 bits per heavy atom. The van der Waals surface area contributed by atoms with Crippen molar-refractivity contribution in [3.8, 4) is 5.75 Å². The predicted octanol–water partition coefficient (Wildman–Crippen LogP) is 2.67. The van der Waals surface area contributed by atoms with E-state index in [2.05, 4.69) is 32.6 Å². The first-order valence-corrected chi connectivity index (χ1v) is 8.22. The van der Waals surface area contributed by atoms with Gasteiger partial charge in [0, 0.05) is 17.1 Å². The molecule has 0 radical (unpaired) electrons. The van der Waals surface area contributed by atoms with Crippen LogP contribution in [-0.4, -0.2) is 35.5 Å². The molecule has 1 atom stereocenters. The Labute approximate surface area is 137 Å². The molecule has 2 rings (SSSR count). The van der Waals surface area contributed by atoms with Crippen molar-refractivity contribution in [1.29, 1.82) is 0 Å². The van der Waals surface area contributed by atoms with Crippen LogP contribution >= 0.6 is 0 Å². The summed E-state index contributed by atoms with van der Waals surface area (Å²) in [6.45, 7) is 10.1. The van der Waals surface area contributed by atoms with E-state index in [0.717, 1.165) is 24.1 Å². The minimum atomic E-state index is -0.415. The number of halogens is 1. The monoisotopic (exact) mass is 322 g/mol. The smallest absolute Gasteiger partial charge is 0.221 e. The summed E-state index contributed by atoms with van der Waals surface area (Å²) in [5.74, 6) is -0.503. The van der Waals surface area contributed by atoms with Gasteiger partial charge >= 0.3 is 0 Å². The molecule has 23 heavy (non-hydrogen) atoms. The van der Waals surface area contributed by atoms with Crippen molar-refractivity contribution in [2.24, 2.45) is 5.73 Å². The van der Waals surface area contributed by atoms with E-state index in [1.807, 2.05) is 0 Å². The average molecular weight is 322 g/mol. The highest BCUT2D eigenvalue weighted by Gasteiger charge is 2.33. The molecular weight excluding hydrogens is 295 g/mol. The number of nitrogens with two attached hydrogens (primary N) is 1. The summed E-state index contributed by atoms with van der Waals surface area (Å²) in [6, 6.07) is 3.16. The summed E-state index contributed by atoms with van der Waals surface area (Å²) in [4.78, 5) is 13.7. The maximum Gasteiger partial charge on any atom is 0.221 e. The van der Waals surface area contributed by atoms with Gasteiger partial charge in [0.25, 0.3) is 0 Å². The summed E-state index contributed by atoms with van der Waals surface area (Å²) in [5.41, 5.74) is 6.87. The van der Waals surface area contributed by atoms with Crippen LogP contribution in [0.15, 0.2) is 12.1 Å². The quantitative estimate of drug-likeness (QED) is 0.907. The van der Waals surface area contributed by atoms with E-state index >= 15 is 0 Å². The van der Waals surface area contributed by atoms with Crippen molar-refractivity contribution < 1.29 is 13.9 Å². The predicted molar refractivity (Wildman–Crippen MR) is 89.0 cm³/mol. The number of carbonyl (C=O) groups is 1. The molecule has 1 heterocycles. The minimum absolute atomic E-state index is 0.00127. The van der Waals surface area contributed by atoms with E-state index in [4.69, 9.17) is 10.5 Å². The molecule has 0 saturated heterocycles. The zero-order valence-corrected chi connectivity index (χ0v) is 14.5. The van der Waals surface area contributed by atoms with Crippen LogP contribution in [0.4, 0.5) is 4.39 Å². The topological polar surface area (TPSA) is 55.6 Å². The number of amides is 1. The van der Waals surface area contributed by atoms with Crippen LogP contribution in [0.5, 0.6) is 5.75 Å². The van der Waals surface area contributed by atoms with E-state index in [0.29, 0.717) is 13.0 Å². The first-order valence-electron chi connectivity index (χ1n) is 8.22. The molecule has 0 aromatic heterocycles. The first kappa shape index (κ1) is 17.7. The van der Waals surface area contributed by atoms with Crippen LogP contribution in [0.1, 0.15) is 45.2 Å². The molecule has 1 aliphatic heterocycles. The molecule has 0 spiro atoms. The fourth-order valence-corrected chi connectivity index (χ4v) is 3.35. The number of benzene rings is 1. The molecule has 1 aliphatic rings. The number of hydrogen-bond acceptors (Lipinski definition) is 3. The Morgan fingerprint density at radius 3 is 2.70 bits per heavy atom. The summed E-state index contributed by atoms with van der Waals surface area (Å²) >= 11 is 0. The van der Waals surface area contributed by atoms with Gasteiger partial charge in [-0.15, -0.1) is 0 Å². The number of primary amides is 1. The van der Waals surface area contributed by atoms with Gasteiger partial charge in [-0.05, 0) is 51.8 Å². The number of hydrogen-bond donors (Lipinski definition) is 1. The van der Waals surface area contributed by atoms with Crippen molar-refractivity contribution in [2.75, 3.05) is 13.2 Å². The van der Waals surface area contributed by atoms with E-state index in [1.54, 1.807) is 6.07 Å². The van der Waals surface area contributed by atoms with Gasteiger partial charge in [0.2, 0.25) is 5.91 Å². The van der Waals surface area contributed by atoms with Crippen LogP contribution < -0.4 is 10.5 Å². The summed E-state index contributed by atoms with van der Waals surface area (Å²) in [6.07, 6.45) is 1.83. The maximum atomic E-state index is 14.0. The average Bonchev–Trinajstić information content (AvgIpc) is 2.46. The fraction of sp³-hybridized carbons (Fsp3) is 0.611. The molecule has 1 aromatic rings. The van der Waals surface area contributed by atoms with Gasteiger partial charge in [-0.3, -0.25) is 9.69 Å². The molecule has 2 N–H and O–H groups in total. The number of fused-ring (bicyclic) bond motifs is 1. The second kappa shape index (κ2) is 6.87. The third-order valence-corrected chi connectivity index (χ3v) is 4.30. The summed E-state index contributed by atoms with van der Waals surface area (Å²) < 4.78 is 19.8. The van der Waals surface area contributed by atoms with Crippen molar-refractivity contribution >= 4 is 5.91 Å². The molecule has 1 amide bonds. The van der Waals surface area contributed by atoms with Crippen LogP contribution in [-0.2, 0) is 17.6 Å². The van der Waals surface area contributed by atoms with Crippen molar-refractivity contribution in [3.05, 3.63) is 29.1 Å². The number of rotatable bonds is 5. The van der Waals surface area contributed by atoms with Crippen molar-refractivity contribution in [2.45, 2.75) is 58.5 Å². The zero-order chi connectivity index (χ0) is 17.2. The van der Waals surface area contributed by atoms with Crippen LogP contribution in [0, 0.1) is 5.82 Å². The van der Waals surface area contributed by atoms with Crippen LogP contribution in [0.2, 0.25) is 0 Å². The number of nitrogens with zero attached hydrogens (tertiary/aromatic N) is 1. The third kappa shape index (κ3) is 4.02. The normalized spacial score (nSPS) is 17.7. The maximum absolute atomic E-state index is 14.0. The van der Waals surface area contributed by atoms with Gasteiger partial charge in [-0.1, -0.05) is 13.0 Å². The number of ether oxygens (including phenoxy) is 1. The number of carbonyl (C=O) groups excluding carboxylic acids is 1. The van der Waals surface area contributed by atoms with Gasteiger partial charge in [0.1, 0.15) is 6.61 Å². The molecule has 0 fully saturated rings. The highest BCUT2D eigenvalue weighted by Crippen LogP contribution is 2.34. The van der Waals surface area contributed by atoms with E-state index in [9.17, 15) is 9.18 Å². The Hall–Kier alpha value is -1.62. The van der Waals surface area contributed by atoms with Gasteiger partial charge in [0.15, 0.2) is 11.6 Å². The molecule has 5 heteroatoms.